The largest absolute Gasteiger partial charge is 0.310 e. The van der Waals surface area contributed by atoms with Gasteiger partial charge in [-0.3, -0.25) is 0 Å². The van der Waals surface area contributed by atoms with Crippen LogP contribution in [0.5, 0.6) is 0 Å². The minimum Gasteiger partial charge on any atom is -0.310 e. The Labute approximate surface area is 102 Å². The molecule has 0 spiro atoms. The van der Waals surface area contributed by atoms with Crippen molar-refractivity contribution in [1.29, 1.82) is 0 Å². The monoisotopic (exact) mass is 230 g/mol. The SMILES string of the molecule is CCNC(C)c1ccnc(-n2ccc(C)n2)c1. The standard InChI is InChI=1S/C13H18N4/c1-4-14-11(3)12-5-7-15-13(9-12)17-8-6-10(2)16-17/h5-9,11,14H,4H2,1-3H3. The van der Waals surface area contributed by atoms with Gasteiger partial charge in [0.15, 0.2) is 5.82 Å². The van der Waals surface area contributed by atoms with E-state index in [1.54, 1.807) is 4.68 Å². The van der Waals surface area contributed by atoms with Crippen molar-refractivity contribution in [2.45, 2.75) is 26.8 Å². The lowest BCUT2D eigenvalue weighted by atomic mass is 10.1. The summed E-state index contributed by atoms with van der Waals surface area (Å²) in [6.07, 6.45) is 3.76. The molecule has 0 saturated heterocycles. The number of nitrogens with zero attached hydrogens (tertiary/aromatic N) is 3. The molecule has 90 valence electrons. The molecule has 2 aromatic heterocycles. The molecule has 2 aromatic rings. The molecule has 0 aliphatic heterocycles. The maximum Gasteiger partial charge on any atom is 0.153 e. The summed E-state index contributed by atoms with van der Waals surface area (Å²) < 4.78 is 1.80. The molecule has 0 fully saturated rings. The molecule has 17 heavy (non-hydrogen) atoms. The van der Waals surface area contributed by atoms with E-state index in [0.29, 0.717) is 6.04 Å². The number of nitrogens with one attached hydrogen (secondary N) is 1. The molecule has 2 heterocycles. The van der Waals surface area contributed by atoms with Crippen LogP contribution in [0.3, 0.4) is 0 Å². The minimum atomic E-state index is 0.332. The normalized spacial score (nSPS) is 12.6. The van der Waals surface area contributed by atoms with Crippen LogP contribution < -0.4 is 5.32 Å². The van der Waals surface area contributed by atoms with Crippen molar-refractivity contribution in [2.24, 2.45) is 0 Å². The highest BCUT2D eigenvalue weighted by atomic mass is 15.3. The molecule has 0 amide bonds. The van der Waals surface area contributed by atoms with Gasteiger partial charge in [0.05, 0.1) is 5.69 Å². The predicted octanol–water partition coefficient (Wildman–Crippen LogP) is 2.25. The molecular formula is C13H18N4. The van der Waals surface area contributed by atoms with Crippen LogP contribution >= 0.6 is 0 Å². The molecule has 4 heteroatoms. The fourth-order valence-corrected chi connectivity index (χ4v) is 1.80. The topological polar surface area (TPSA) is 42.7 Å². The third kappa shape index (κ3) is 2.71. The summed E-state index contributed by atoms with van der Waals surface area (Å²) in [6, 6.07) is 6.41. The molecular weight excluding hydrogens is 212 g/mol. The molecule has 0 radical (unpaired) electrons. The number of pyridine rings is 1. The highest BCUT2D eigenvalue weighted by Gasteiger charge is 2.06. The lowest BCUT2D eigenvalue weighted by Crippen LogP contribution is -2.18. The number of rotatable bonds is 4. The number of hydrogen-bond donors (Lipinski definition) is 1. The first-order valence-electron chi connectivity index (χ1n) is 5.92. The van der Waals surface area contributed by atoms with Crippen LogP contribution in [-0.4, -0.2) is 21.3 Å². The maximum atomic E-state index is 4.36. The van der Waals surface area contributed by atoms with Gasteiger partial charge in [-0.05, 0) is 44.2 Å². The van der Waals surface area contributed by atoms with Gasteiger partial charge < -0.3 is 5.32 Å². The van der Waals surface area contributed by atoms with Crippen molar-refractivity contribution in [3.8, 4) is 5.82 Å². The van der Waals surface area contributed by atoms with E-state index in [1.165, 1.54) is 5.56 Å². The highest BCUT2D eigenvalue weighted by molar-refractivity contribution is 5.29. The number of aromatic nitrogens is 3. The highest BCUT2D eigenvalue weighted by Crippen LogP contribution is 2.14. The fraction of sp³-hybridized carbons (Fsp3) is 0.385. The first-order chi connectivity index (χ1) is 8.20. The van der Waals surface area contributed by atoms with Gasteiger partial charge in [-0.25, -0.2) is 9.67 Å². The molecule has 0 aromatic carbocycles. The Morgan fingerprint density at radius 1 is 1.41 bits per heavy atom. The molecule has 0 bridgehead atoms. The Hall–Kier alpha value is -1.68. The summed E-state index contributed by atoms with van der Waals surface area (Å²) in [7, 11) is 0. The van der Waals surface area contributed by atoms with Crippen molar-refractivity contribution < 1.29 is 0 Å². The molecule has 4 nitrogen and oxygen atoms in total. The molecule has 0 saturated carbocycles. The molecule has 2 rings (SSSR count). The first kappa shape index (κ1) is 11.8. The smallest absolute Gasteiger partial charge is 0.153 e. The van der Waals surface area contributed by atoms with Gasteiger partial charge in [-0.1, -0.05) is 6.92 Å². The third-order valence-corrected chi connectivity index (χ3v) is 2.74. The van der Waals surface area contributed by atoms with Gasteiger partial charge in [0.2, 0.25) is 0 Å². The Balaban J connectivity index is 2.28. The van der Waals surface area contributed by atoms with Crippen LogP contribution in [0.15, 0.2) is 30.6 Å². The van der Waals surface area contributed by atoms with Crippen LogP contribution in [0.25, 0.3) is 5.82 Å². The second kappa shape index (κ2) is 5.10. The zero-order valence-electron chi connectivity index (χ0n) is 10.5. The Morgan fingerprint density at radius 2 is 2.24 bits per heavy atom. The van der Waals surface area contributed by atoms with Crippen molar-refractivity contribution >= 4 is 0 Å². The summed E-state index contributed by atoms with van der Waals surface area (Å²) in [6.45, 7) is 7.19. The van der Waals surface area contributed by atoms with Crippen molar-refractivity contribution in [2.75, 3.05) is 6.54 Å². The average molecular weight is 230 g/mol. The van der Waals surface area contributed by atoms with E-state index in [9.17, 15) is 0 Å². The Morgan fingerprint density at radius 3 is 2.88 bits per heavy atom. The van der Waals surface area contributed by atoms with E-state index in [0.717, 1.165) is 18.1 Å². The Bertz CT molecular complexity index is 490. The fourth-order valence-electron chi connectivity index (χ4n) is 1.80. The summed E-state index contributed by atoms with van der Waals surface area (Å²) in [4.78, 5) is 4.34. The van der Waals surface area contributed by atoms with E-state index in [-0.39, 0.29) is 0 Å². The molecule has 1 atom stereocenters. The molecule has 1 N–H and O–H groups in total. The van der Waals surface area contributed by atoms with Crippen LogP contribution in [-0.2, 0) is 0 Å². The van der Waals surface area contributed by atoms with Gasteiger partial charge in [-0.15, -0.1) is 0 Å². The second-order valence-electron chi connectivity index (χ2n) is 4.13. The van der Waals surface area contributed by atoms with E-state index < -0.39 is 0 Å². The molecule has 1 unspecified atom stereocenters. The third-order valence-electron chi connectivity index (χ3n) is 2.74. The summed E-state index contributed by atoms with van der Waals surface area (Å²) in [5, 5.41) is 7.75. The summed E-state index contributed by atoms with van der Waals surface area (Å²) in [5.74, 6) is 0.861. The van der Waals surface area contributed by atoms with Crippen molar-refractivity contribution in [1.82, 2.24) is 20.1 Å². The van der Waals surface area contributed by atoms with Crippen LogP contribution in [0, 0.1) is 6.92 Å². The van der Waals surface area contributed by atoms with Crippen LogP contribution in [0.1, 0.15) is 31.1 Å². The Kier molecular flexibility index (Phi) is 3.54. The lowest BCUT2D eigenvalue weighted by molar-refractivity contribution is 0.596. The van der Waals surface area contributed by atoms with E-state index in [2.05, 4.69) is 35.3 Å². The van der Waals surface area contributed by atoms with Gasteiger partial charge in [-0.2, -0.15) is 5.10 Å². The summed E-state index contributed by atoms with van der Waals surface area (Å²) in [5.41, 5.74) is 2.22. The van der Waals surface area contributed by atoms with E-state index in [1.807, 2.05) is 31.5 Å². The van der Waals surface area contributed by atoms with Crippen LogP contribution in [0.4, 0.5) is 0 Å². The zero-order chi connectivity index (χ0) is 12.3. The van der Waals surface area contributed by atoms with Gasteiger partial charge in [0, 0.05) is 18.4 Å². The summed E-state index contributed by atoms with van der Waals surface area (Å²) >= 11 is 0. The second-order valence-corrected chi connectivity index (χ2v) is 4.13. The van der Waals surface area contributed by atoms with Gasteiger partial charge in [0.25, 0.3) is 0 Å². The number of hydrogen-bond acceptors (Lipinski definition) is 3. The van der Waals surface area contributed by atoms with Crippen LogP contribution in [0.2, 0.25) is 0 Å². The maximum absolute atomic E-state index is 4.36. The first-order valence-corrected chi connectivity index (χ1v) is 5.92. The van der Waals surface area contributed by atoms with Crippen molar-refractivity contribution in [3.63, 3.8) is 0 Å². The lowest BCUT2D eigenvalue weighted by Gasteiger charge is -2.13. The predicted molar refractivity (Wildman–Crippen MR) is 68.2 cm³/mol. The van der Waals surface area contributed by atoms with Gasteiger partial charge in [0.1, 0.15) is 0 Å². The van der Waals surface area contributed by atoms with E-state index >= 15 is 0 Å². The van der Waals surface area contributed by atoms with E-state index in [4.69, 9.17) is 0 Å². The number of aryl methyl sites for hydroxylation is 1. The van der Waals surface area contributed by atoms with Gasteiger partial charge >= 0.3 is 0 Å². The quantitative estimate of drug-likeness (QED) is 0.876. The average Bonchev–Trinajstić information content (AvgIpc) is 2.76. The van der Waals surface area contributed by atoms with Crippen molar-refractivity contribution in [3.05, 3.63) is 41.9 Å². The zero-order valence-corrected chi connectivity index (χ0v) is 10.5. The minimum absolute atomic E-state index is 0.332. The molecule has 0 aliphatic carbocycles. The molecule has 0 aliphatic rings.